The van der Waals surface area contributed by atoms with Crippen molar-refractivity contribution in [3.05, 3.63) is 16.6 Å². The molecule has 0 atom stereocenters. The molecule has 0 aromatic carbocycles. The number of hydrogen-bond donors (Lipinski definition) is 3. The molecule has 1 aliphatic rings. The third-order valence-corrected chi connectivity index (χ3v) is 4.26. The zero-order chi connectivity index (χ0) is 17.7. The Labute approximate surface area is 145 Å². The molecule has 0 unspecified atom stereocenters. The van der Waals surface area contributed by atoms with Crippen LogP contribution in [0.15, 0.2) is 11.6 Å². The van der Waals surface area contributed by atoms with Crippen LogP contribution in [0.5, 0.6) is 0 Å². The lowest BCUT2D eigenvalue weighted by Gasteiger charge is -2.32. The summed E-state index contributed by atoms with van der Waals surface area (Å²) in [6.45, 7) is 6.45. The Balaban J connectivity index is 1.74. The number of thiazole rings is 1. The smallest absolute Gasteiger partial charge is 0.410 e. The number of carbonyl (C=O) groups is 2. The number of amides is 2. The first-order chi connectivity index (χ1) is 11.3. The molecule has 1 saturated heterocycles. The van der Waals surface area contributed by atoms with E-state index in [1.165, 1.54) is 11.3 Å². The number of hydrogen-bond acceptors (Lipinski definition) is 6. The summed E-state index contributed by atoms with van der Waals surface area (Å²) in [7, 11) is 0. The quantitative estimate of drug-likeness (QED) is 0.426. The number of nitrogens with zero attached hydrogens (tertiary/aromatic N) is 2. The number of carbonyl (C=O) groups excluding carboxylic acids is 2. The minimum atomic E-state index is -0.522. The maximum atomic E-state index is 12.2. The Hall–Kier alpha value is -2.16. The molecule has 24 heavy (non-hydrogen) atoms. The molecule has 0 spiro atoms. The fourth-order valence-electron chi connectivity index (χ4n) is 2.28. The van der Waals surface area contributed by atoms with E-state index in [0.29, 0.717) is 30.9 Å². The standard InChI is InChI=1S/C15H23N5O3S/c1-15(2,3)23-14(22)20-7-4-10(5-8-20)12(21)19-18-11(16)13-17-6-9-24-13/h6,9-10H,4-5,7-8H2,1-3H3,(H2,16,18)(H,19,21). The minimum absolute atomic E-state index is 0.0598. The molecule has 2 amide bonds. The Morgan fingerprint density at radius 2 is 2.00 bits per heavy atom. The summed E-state index contributed by atoms with van der Waals surface area (Å²) in [4.78, 5) is 29.8. The molecule has 0 saturated carbocycles. The van der Waals surface area contributed by atoms with Gasteiger partial charge in [-0.1, -0.05) is 0 Å². The van der Waals surface area contributed by atoms with Crippen LogP contribution in [0.1, 0.15) is 38.6 Å². The number of piperidine rings is 1. The molecular weight excluding hydrogens is 330 g/mol. The SMILES string of the molecule is CC(C)(C)OC(=O)N1CCC(C(=O)NNC(=N)c2nccs2)CC1. The molecule has 1 aromatic heterocycles. The van der Waals surface area contributed by atoms with Gasteiger partial charge in [0.05, 0.1) is 0 Å². The lowest BCUT2D eigenvalue weighted by molar-refractivity contribution is -0.127. The number of rotatable bonds is 2. The molecule has 1 aliphatic heterocycles. The molecule has 132 valence electrons. The summed E-state index contributed by atoms with van der Waals surface area (Å²) in [5, 5.41) is 10.1. The van der Waals surface area contributed by atoms with Crippen molar-refractivity contribution in [2.75, 3.05) is 13.1 Å². The van der Waals surface area contributed by atoms with Gasteiger partial charge in [0.1, 0.15) is 5.60 Å². The molecule has 0 radical (unpaired) electrons. The van der Waals surface area contributed by atoms with E-state index in [1.807, 2.05) is 20.8 Å². The number of likely N-dealkylation sites (tertiary alicyclic amines) is 1. The molecule has 1 fully saturated rings. The fourth-order valence-corrected chi connectivity index (χ4v) is 2.82. The largest absolute Gasteiger partial charge is 0.444 e. The van der Waals surface area contributed by atoms with Gasteiger partial charge >= 0.3 is 6.09 Å². The van der Waals surface area contributed by atoms with Gasteiger partial charge in [-0.2, -0.15) is 0 Å². The van der Waals surface area contributed by atoms with Crippen molar-refractivity contribution in [3.63, 3.8) is 0 Å². The molecule has 0 bridgehead atoms. The highest BCUT2D eigenvalue weighted by molar-refractivity contribution is 7.11. The summed E-state index contributed by atoms with van der Waals surface area (Å²) in [6, 6.07) is 0. The van der Waals surface area contributed by atoms with E-state index in [9.17, 15) is 9.59 Å². The third kappa shape index (κ3) is 5.19. The van der Waals surface area contributed by atoms with Crippen molar-refractivity contribution in [3.8, 4) is 0 Å². The van der Waals surface area contributed by atoms with E-state index in [0.717, 1.165) is 0 Å². The lowest BCUT2D eigenvalue weighted by Crippen LogP contribution is -2.48. The number of amidine groups is 1. The Kier molecular flexibility index (Phi) is 5.76. The van der Waals surface area contributed by atoms with Crippen LogP contribution in [0, 0.1) is 11.3 Å². The van der Waals surface area contributed by atoms with E-state index in [-0.39, 0.29) is 23.8 Å². The topological polar surface area (TPSA) is 107 Å². The second kappa shape index (κ2) is 7.61. The molecule has 8 nitrogen and oxygen atoms in total. The summed E-state index contributed by atoms with van der Waals surface area (Å²) in [5.41, 5.74) is 4.59. The van der Waals surface area contributed by atoms with Gasteiger partial charge in [-0.3, -0.25) is 21.1 Å². The molecule has 9 heteroatoms. The average Bonchev–Trinajstić information content (AvgIpc) is 3.05. The van der Waals surface area contributed by atoms with Gasteiger partial charge in [-0.25, -0.2) is 9.78 Å². The number of ether oxygens (including phenoxy) is 1. The van der Waals surface area contributed by atoms with E-state index in [4.69, 9.17) is 10.1 Å². The normalized spacial score (nSPS) is 15.7. The highest BCUT2D eigenvalue weighted by Gasteiger charge is 2.30. The van der Waals surface area contributed by atoms with Crippen LogP contribution in [0.3, 0.4) is 0 Å². The van der Waals surface area contributed by atoms with Crippen LogP contribution >= 0.6 is 11.3 Å². The Morgan fingerprint density at radius 3 is 2.54 bits per heavy atom. The van der Waals surface area contributed by atoms with Crippen molar-refractivity contribution < 1.29 is 14.3 Å². The first-order valence-electron chi connectivity index (χ1n) is 7.78. The van der Waals surface area contributed by atoms with E-state index in [2.05, 4.69) is 15.8 Å². The lowest BCUT2D eigenvalue weighted by atomic mass is 9.96. The van der Waals surface area contributed by atoms with Crippen molar-refractivity contribution in [1.29, 1.82) is 5.41 Å². The van der Waals surface area contributed by atoms with Crippen LogP contribution in [0.25, 0.3) is 0 Å². The van der Waals surface area contributed by atoms with Crippen LogP contribution in [0.4, 0.5) is 4.79 Å². The second-order valence-electron chi connectivity index (χ2n) is 6.57. The molecule has 0 aliphatic carbocycles. The zero-order valence-electron chi connectivity index (χ0n) is 14.1. The van der Waals surface area contributed by atoms with Crippen LogP contribution in [-0.4, -0.2) is 46.4 Å². The number of nitrogens with one attached hydrogen (secondary N) is 3. The van der Waals surface area contributed by atoms with E-state index in [1.54, 1.807) is 16.5 Å². The number of hydrazine groups is 1. The molecule has 2 heterocycles. The first-order valence-corrected chi connectivity index (χ1v) is 8.66. The molecule has 1 aromatic rings. The minimum Gasteiger partial charge on any atom is -0.444 e. The highest BCUT2D eigenvalue weighted by atomic mass is 32.1. The second-order valence-corrected chi connectivity index (χ2v) is 7.46. The van der Waals surface area contributed by atoms with Gasteiger partial charge in [-0.05, 0) is 33.6 Å². The highest BCUT2D eigenvalue weighted by Crippen LogP contribution is 2.19. The van der Waals surface area contributed by atoms with Crippen molar-refractivity contribution >= 4 is 29.2 Å². The summed E-state index contributed by atoms with van der Waals surface area (Å²) < 4.78 is 5.33. The number of aromatic nitrogens is 1. The average molecular weight is 353 g/mol. The van der Waals surface area contributed by atoms with Crippen molar-refractivity contribution in [1.82, 2.24) is 20.7 Å². The van der Waals surface area contributed by atoms with Gasteiger partial charge in [0.2, 0.25) is 5.91 Å². The molecule has 3 N–H and O–H groups in total. The summed E-state index contributed by atoms with van der Waals surface area (Å²) in [5.74, 6) is -0.315. The van der Waals surface area contributed by atoms with Crippen LogP contribution in [0.2, 0.25) is 0 Å². The predicted molar refractivity (Wildman–Crippen MR) is 90.8 cm³/mol. The zero-order valence-corrected chi connectivity index (χ0v) is 14.9. The van der Waals surface area contributed by atoms with E-state index < -0.39 is 5.60 Å². The van der Waals surface area contributed by atoms with Gasteiger partial charge in [0.15, 0.2) is 10.8 Å². The van der Waals surface area contributed by atoms with E-state index >= 15 is 0 Å². The van der Waals surface area contributed by atoms with Crippen LogP contribution < -0.4 is 10.9 Å². The van der Waals surface area contributed by atoms with Crippen LogP contribution in [-0.2, 0) is 9.53 Å². The maximum absolute atomic E-state index is 12.2. The van der Waals surface area contributed by atoms with Crippen molar-refractivity contribution in [2.45, 2.75) is 39.2 Å². The Bertz CT molecular complexity index is 589. The molecular formula is C15H23N5O3S. The van der Waals surface area contributed by atoms with Gasteiger partial charge in [-0.15, -0.1) is 11.3 Å². The third-order valence-electron chi connectivity index (χ3n) is 3.47. The predicted octanol–water partition coefficient (Wildman–Crippen LogP) is 1.74. The Morgan fingerprint density at radius 1 is 1.33 bits per heavy atom. The monoisotopic (exact) mass is 353 g/mol. The fraction of sp³-hybridized carbons (Fsp3) is 0.600. The van der Waals surface area contributed by atoms with Gasteiger partial charge in [0, 0.05) is 30.6 Å². The van der Waals surface area contributed by atoms with Crippen molar-refractivity contribution in [2.24, 2.45) is 5.92 Å². The summed E-state index contributed by atoms with van der Waals surface area (Å²) in [6.07, 6.45) is 2.39. The molecule has 2 rings (SSSR count). The van der Waals surface area contributed by atoms with Gasteiger partial charge < -0.3 is 9.64 Å². The first kappa shape index (κ1) is 18.2. The maximum Gasteiger partial charge on any atom is 0.410 e. The summed E-state index contributed by atoms with van der Waals surface area (Å²) >= 11 is 1.32. The van der Waals surface area contributed by atoms with Gasteiger partial charge in [0.25, 0.3) is 0 Å².